The van der Waals surface area contributed by atoms with Crippen molar-refractivity contribution in [3.8, 4) is 0 Å². The zero-order valence-electron chi connectivity index (χ0n) is 6.93. The number of fused-ring (bicyclic) bond motifs is 1. The number of hydrogen-bond acceptors (Lipinski definition) is 4. The maximum absolute atomic E-state index is 9.55. The Morgan fingerprint density at radius 1 is 1.08 bits per heavy atom. The molecular weight excluding hydrogens is 158 g/mol. The fourth-order valence-corrected chi connectivity index (χ4v) is 2.30. The van der Waals surface area contributed by atoms with E-state index < -0.39 is 18.3 Å². The molecular formula is C8H15NO3. The highest BCUT2D eigenvalue weighted by atomic mass is 16.3. The molecule has 2 fully saturated rings. The Labute approximate surface area is 71.4 Å². The highest BCUT2D eigenvalue weighted by Gasteiger charge is 2.45. The van der Waals surface area contributed by atoms with Crippen LogP contribution in [-0.2, 0) is 0 Å². The number of nitrogens with zero attached hydrogens (tertiary/aromatic N) is 1. The van der Waals surface area contributed by atoms with Crippen molar-refractivity contribution >= 4 is 0 Å². The minimum absolute atomic E-state index is 0.228. The van der Waals surface area contributed by atoms with Crippen molar-refractivity contribution in [2.45, 2.75) is 37.2 Å². The van der Waals surface area contributed by atoms with Gasteiger partial charge in [-0.15, -0.1) is 0 Å². The topological polar surface area (TPSA) is 63.9 Å². The second-order valence-corrected chi connectivity index (χ2v) is 3.75. The zero-order chi connectivity index (χ0) is 8.72. The van der Waals surface area contributed by atoms with Gasteiger partial charge in [-0.25, -0.2) is 0 Å². The molecule has 0 spiro atoms. The Balaban J connectivity index is 2.12. The van der Waals surface area contributed by atoms with Gasteiger partial charge in [-0.1, -0.05) is 0 Å². The van der Waals surface area contributed by atoms with E-state index in [0.29, 0.717) is 6.54 Å². The van der Waals surface area contributed by atoms with Crippen molar-refractivity contribution < 1.29 is 15.3 Å². The lowest BCUT2D eigenvalue weighted by atomic mass is 9.97. The minimum Gasteiger partial charge on any atom is -0.391 e. The fraction of sp³-hybridized carbons (Fsp3) is 1.00. The van der Waals surface area contributed by atoms with Gasteiger partial charge in [0.05, 0.1) is 24.4 Å². The van der Waals surface area contributed by atoms with E-state index in [4.69, 9.17) is 0 Å². The van der Waals surface area contributed by atoms with Crippen LogP contribution < -0.4 is 0 Å². The van der Waals surface area contributed by atoms with Gasteiger partial charge in [0.1, 0.15) is 0 Å². The molecule has 2 heterocycles. The van der Waals surface area contributed by atoms with Crippen LogP contribution in [0.2, 0.25) is 0 Å². The van der Waals surface area contributed by atoms with Gasteiger partial charge in [0.25, 0.3) is 0 Å². The molecule has 12 heavy (non-hydrogen) atoms. The van der Waals surface area contributed by atoms with Gasteiger partial charge in [-0.3, -0.25) is 4.90 Å². The van der Waals surface area contributed by atoms with Crippen LogP contribution in [0.4, 0.5) is 0 Å². The molecule has 70 valence electrons. The summed E-state index contributed by atoms with van der Waals surface area (Å²) in [6.07, 6.45) is -0.212. The van der Waals surface area contributed by atoms with Crippen LogP contribution in [0.25, 0.3) is 0 Å². The summed E-state index contributed by atoms with van der Waals surface area (Å²) in [5.74, 6) is 0. The molecule has 4 heteroatoms. The Morgan fingerprint density at radius 3 is 2.50 bits per heavy atom. The van der Waals surface area contributed by atoms with E-state index in [2.05, 4.69) is 0 Å². The smallest absolute Gasteiger partial charge is 0.0991 e. The summed E-state index contributed by atoms with van der Waals surface area (Å²) >= 11 is 0. The van der Waals surface area contributed by atoms with Crippen molar-refractivity contribution in [1.82, 2.24) is 4.90 Å². The molecule has 0 aromatic heterocycles. The normalized spacial score (nSPS) is 49.2. The van der Waals surface area contributed by atoms with Crippen molar-refractivity contribution in [1.29, 1.82) is 0 Å². The Kier molecular flexibility index (Phi) is 2.08. The molecule has 2 aliphatic rings. The lowest BCUT2D eigenvalue weighted by Crippen LogP contribution is -2.48. The maximum atomic E-state index is 9.55. The van der Waals surface area contributed by atoms with Crippen LogP contribution in [0.15, 0.2) is 0 Å². The largest absolute Gasteiger partial charge is 0.391 e. The van der Waals surface area contributed by atoms with Gasteiger partial charge in [0, 0.05) is 6.54 Å². The van der Waals surface area contributed by atoms with Gasteiger partial charge in [-0.05, 0) is 19.4 Å². The lowest BCUT2D eigenvalue weighted by Gasteiger charge is -2.34. The molecule has 0 amide bonds. The molecule has 3 N–H and O–H groups in total. The highest BCUT2D eigenvalue weighted by Crippen LogP contribution is 2.27. The van der Waals surface area contributed by atoms with Crippen LogP contribution in [0.1, 0.15) is 12.8 Å². The quantitative estimate of drug-likeness (QED) is 0.419. The average Bonchev–Trinajstić information content (AvgIpc) is 2.29. The van der Waals surface area contributed by atoms with Crippen molar-refractivity contribution in [3.63, 3.8) is 0 Å². The Bertz CT molecular complexity index is 176. The summed E-state index contributed by atoms with van der Waals surface area (Å²) in [5, 5.41) is 28.4. The summed E-state index contributed by atoms with van der Waals surface area (Å²) in [6, 6.07) is -0.228. The Morgan fingerprint density at radius 2 is 1.83 bits per heavy atom. The van der Waals surface area contributed by atoms with E-state index in [1.807, 2.05) is 4.90 Å². The Hall–Kier alpha value is -0.160. The number of hydrogen-bond donors (Lipinski definition) is 3. The van der Waals surface area contributed by atoms with E-state index in [1.165, 1.54) is 0 Å². The number of aliphatic hydroxyl groups is 3. The first kappa shape index (κ1) is 8.44. The van der Waals surface area contributed by atoms with Gasteiger partial charge in [0.2, 0.25) is 0 Å². The first-order valence-corrected chi connectivity index (χ1v) is 4.48. The third-order valence-corrected chi connectivity index (χ3v) is 2.93. The van der Waals surface area contributed by atoms with Crippen molar-refractivity contribution in [2.75, 3.05) is 13.1 Å². The first-order chi connectivity index (χ1) is 5.70. The van der Waals surface area contributed by atoms with Crippen molar-refractivity contribution in [2.24, 2.45) is 0 Å². The molecule has 0 aliphatic carbocycles. The summed E-state index contributed by atoms with van der Waals surface area (Å²) in [4.78, 5) is 1.98. The zero-order valence-corrected chi connectivity index (χ0v) is 6.93. The second kappa shape index (κ2) is 2.96. The molecule has 2 rings (SSSR count). The molecule has 2 saturated heterocycles. The van der Waals surface area contributed by atoms with Gasteiger partial charge in [0.15, 0.2) is 0 Å². The monoisotopic (exact) mass is 173 g/mol. The summed E-state index contributed by atoms with van der Waals surface area (Å²) in [6.45, 7) is 1.39. The van der Waals surface area contributed by atoms with E-state index >= 15 is 0 Å². The van der Waals surface area contributed by atoms with E-state index in [0.717, 1.165) is 19.4 Å². The predicted molar refractivity (Wildman–Crippen MR) is 42.6 cm³/mol. The second-order valence-electron chi connectivity index (χ2n) is 3.75. The SMILES string of the molecule is O[C@@H]1CCCN2C[C@@H](O)[C@H](O)C12. The molecule has 0 aromatic carbocycles. The summed E-state index contributed by atoms with van der Waals surface area (Å²) < 4.78 is 0. The summed E-state index contributed by atoms with van der Waals surface area (Å²) in [7, 11) is 0. The standard InChI is InChI=1S/C8H15NO3/c10-5-2-1-3-9-4-6(11)8(12)7(5)9/h5-8,10-12H,1-4H2/t5-,6-,7?,8+/m1/s1. The van der Waals surface area contributed by atoms with Crippen molar-refractivity contribution in [3.05, 3.63) is 0 Å². The molecule has 4 nitrogen and oxygen atoms in total. The molecule has 1 unspecified atom stereocenters. The number of rotatable bonds is 0. The van der Waals surface area contributed by atoms with Crippen LogP contribution >= 0.6 is 0 Å². The van der Waals surface area contributed by atoms with Crippen LogP contribution in [-0.4, -0.2) is 57.7 Å². The van der Waals surface area contributed by atoms with Gasteiger partial charge in [-0.2, -0.15) is 0 Å². The number of aliphatic hydroxyl groups excluding tert-OH is 3. The lowest BCUT2D eigenvalue weighted by molar-refractivity contribution is -0.0282. The van der Waals surface area contributed by atoms with Gasteiger partial charge >= 0.3 is 0 Å². The molecule has 0 aromatic rings. The predicted octanol–water partition coefficient (Wildman–Crippen LogP) is -1.45. The van der Waals surface area contributed by atoms with Crippen LogP contribution in [0.5, 0.6) is 0 Å². The molecule has 0 saturated carbocycles. The fourth-order valence-electron chi connectivity index (χ4n) is 2.30. The third-order valence-electron chi connectivity index (χ3n) is 2.93. The summed E-state index contributed by atoms with van der Waals surface area (Å²) in [5.41, 5.74) is 0. The molecule has 0 bridgehead atoms. The van der Waals surface area contributed by atoms with E-state index in [9.17, 15) is 15.3 Å². The van der Waals surface area contributed by atoms with Crippen LogP contribution in [0.3, 0.4) is 0 Å². The van der Waals surface area contributed by atoms with E-state index in [1.54, 1.807) is 0 Å². The molecule has 2 aliphatic heterocycles. The average molecular weight is 173 g/mol. The highest BCUT2D eigenvalue weighted by molar-refractivity contribution is 4.99. The first-order valence-electron chi connectivity index (χ1n) is 4.48. The molecule has 0 radical (unpaired) electrons. The van der Waals surface area contributed by atoms with Crippen LogP contribution in [0, 0.1) is 0 Å². The van der Waals surface area contributed by atoms with E-state index in [-0.39, 0.29) is 6.04 Å². The molecule has 4 atom stereocenters. The minimum atomic E-state index is -0.764. The van der Waals surface area contributed by atoms with Gasteiger partial charge < -0.3 is 15.3 Å². The number of piperidine rings is 1. The maximum Gasteiger partial charge on any atom is 0.0991 e. The third kappa shape index (κ3) is 1.15.